The van der Waals surface area contributed by atoms with Crippen molar-refractivity contribution in [3.05, 3.63) is 27.9 Å². The van der Waals surface area contributed by atoms with Gasteiger partial charge in [-0.05, 0) is 13.0 Å². The van der Waals surface area contributed by atoms with Gasteiger partial charge in [-0.1, -0.05) is 0 Å². The van der Waals surface area contributed by atoms with Crippen LogP contribution in [0.25, 0.3) is 0 Å². The molecule has 0 aliphatic carbocycles. The molecule has 1 atom stereocenters. The zero-order chi connectivity index (χ0) is 9.26. The third-order valence-electron chi connectivity index (χ3n) is 1.87. The van der Waals surface area contributed by atoms with Gasteiger partial charge in [0.1, 0.15) is 10.8 Å². The summed E-state index contributed by atoms with van der Waals surface area (Å²) in [4.78, 5) is 5.21. The van der Waals surface area contributed by atoms with E-state index in [0.29, 0.717) is 17.4 Å². The molecule has 4 heteroatoms. The third kappa shape index (κ3) is 1.73. The normalized spacial score (nSPS) is 18.2. The number of hydrogen-bond acceptors (Lipinski definition) is 4. The van der Waals surface area contributed by atoms with Crippen LogP contribution in [0, 0.1) is 6.92 Å². The highest BCUT2D eigenvalue weighted by molar-refractivity contribution is 7.11. The van der Waals surface area contributed by atoms with Crippen LogP contribution in [0.4, 0.5) is 0 Å². The Morgan fingerprint density at radius 1 is 1.69 bits per heavy atom. The predicted octanol–water partition coefficient (Wildman–Crippen LogP) is 1.79. The Hall–Kier alpha value is -0.870. The van der Waals surface area contributed by atoms with E-state index in [1.807, 2.05) is 13.0 Å². The summed E-state index contributed by atoms with van der Waals surface area (Å²) >= 11 is 1.50. The summed E-state index contributed by atoms with van der Waals surface area (Å²) in [6.07, 6.45) is 3.90. The molecule has 0 saturated carbocycles. The molecular weight excluding hydrogens is 186 g/mol. The second kappa shape index (κ2) is 3.47. The van der Waals surface area contributed by atoms with E-state index in [4.69, 9.17) is 4.74 Å². The van der Waals surface area contributed by atoms with E-state index in [1.54, 1.807) is 6.20 Å². The van der Waals surface area contributed by atoms with Crippen LogP contribution in [0.3, 0.4) is 0 Å². The predicted molar refractivity (Wildman–Crippen MR) is 50.5 cm³/mol. The average molecular weight is 197 g/mol. The SMILES string of the molecule is Cc1cnc(C(O)C2=CCCO2)s1. The summed E-state index contributed by atoms with van der Waals surface area (Å²) in [5.41, 5.74) is 0. The van der Waals surface area contributed by atoms with Gasteiger partial charge in [0.15, 0.2) is 6.10 Å². The van der Waals surface area contributed by atoms with Crippen LogP contribution < -0.4 is 0 Å². The number of nitrogens with zero attached hydrogens (tertiary/aromatic N) is 1. The molecule has 1 aliphatic heterocycles. The summed E-state index contributed by atoms with van der Waals surface area (Å²) in [7, 11) is 0. The van der Waals surface area contributed by atoms with Gasteiger partial charge >= 0.3 is 0 Å². The lowest BCUT2D eigenvalue weighted by molar-refractivity contribution is 0.118. The van der Waals surface area contributed by atoms with Crippen LogP contribution in [0.15, 0.2) is 18.0 Å². The molecule has 2 heterocycles. The van der Waals surface area contributed by atoms with Crippen LogP contribution in [0.2, 0.25) is 0 Å². The summed E-state index contributed by atoms with van der Waals surface area (Å²) in [5.74, 6) is 0.648. The lowest BCUT2D eigenvalue weighted by Crippen LogP contribution is -2.01. The van der Waals surface area contributed by atoms with Crippen molar-refractivity contribution < 1.29 is 9.84 Å². The molecule has 0 radical (unpaired) electrons. The van der Waals surface area contributed by atoms with Crippen LogP contribution in [0.5, 0.6) is 0 Å². The molecule has 1 unspecified atom stereocenters. The maximum absolute atomic E-state index is 9.79. The second-order valence-electron chi connectivity index (χ2n) is 2.96. The minimum atomic E-state index is -0.666. The van der Waals surface area contributed by atoms with Crippen molar-refractivity contribution in [2.45, 2.75) is 19.4 Å². The fraction of sp³-hybridized carbons (Fsp3) is 0.444. The Balaban J connectivity index is 2.16. The number of aryl methyl sites for hydroxylation is 1. The highest BCUT2D eigenvalue weighted by Crippen LogP contribution is 2.28. The fourth-order valence-electron chi connectivity index (χ4n) is 1.25. The highest BCUT2D eigenvalue weighted by Gasteiger charge is 2.20. The molecule has 1 N–H and O–H groups in total. The van der Waals surface area contributed by atoms with Gasteiger partial charge in [0.05, 0.1) is 6.61 Å². The maximum Gasteiger partial charge on any atom is 0.162 e. The van der Waals surface area contributed by atoms with E-state index >= 15 is 0 Å². The minimum absolute atomic E-state index is 0.648. The first-order chi connectivity index (χ1) is 6.27. The first kappa shape index (κ1) is 8.72. The van der Waals surface area contributed by atoms with Gasteiger partial charge in [-0.3, -0.25) is 0 Å². The first-order valence-electron chi connectivity index (χ1n) is 4.20. The van der Waals surface area contributed by atoms with Crippen molar-refractivity contribution in [3.63, 3.8) is 0 Å². The van der Waals surface area contributed by atoms with Gasteiger partial charge in [0.2, 0.25) is 0 Å². The molecule has 0 aromatic carbocycles. The average Bonchev–Trinajstić information content (AvgIpc) is 2.72. The Bertz CT molecular complexity index is 332. The van der Waals surface area contributed by atoms with Crippen molar-refractivity contribution in [2.24, 2.45) is 0 Å². The van der Waals surface area contributed by atoms with Crippen LogP contribution in [0.1, 0.15) is 22.4 Å². The standard InChI is InChI=1S/C9H11NO2S/c1-6-5-10-9(13-6)8(11)7-3-2-4-12-7/h3,5,8,11H,2,4H2,1H3. The molecule has 0 bridgehead atoms. The zero-order valence-electron chi connectivity index (χ0n) is 7.36. The Labute approximate surface area is 80.7 Å². The van der Waals surface area contributed by atoms with E-state index in [9.17, 15) is 5.11 Å². The van der Waals surface area contributed by atoms with Crippen molar-refractivity contribution >= 4 is 11.3 Å². The van der Waals surface area contributed by atoms with E-state index in [2.05, 4.69) is 4.98 Å². The molecule has 13 heavy (non-hydrogen) atoms. The number of aromatic nitrogens is 1. The zero-order valence-corrected chi connectivity index (χ0v) is 8.17. The lowest BCUT2D eigenvalue weighted by Gasteiger charge is -2.08. The second-order valence-corrected chi connectivity index (χ2v) is 4.22. The van der Waals surface area contributed by atoms with Gasteiger partial charge in [-0.15, -0.1) is 11.3 Å². The maximum atomic E-state index is 9.79. The summed E-state index contributed by atoms with van der Waals surface area (Å²) in [5, 5.41) is 10.5. The quantitative estimate of drug-likeness (QED) is 0.786. The van der Waals surface area contributed by atoms with Gasteiger partial charge in [0, 0.05) is 17.5 Å². The third-order valence-corrected chi connectivity index (χ3v) is 2.84. The molecule has 1 aromatic rings. The smallest absolute Gasteiger partial charge is 0.162 e. The molecule has 2 rings (SSSR count). The molecule has 70 valence electrons. The van der Waals surface area contributed by atoms with Crippen molar-refractivity contribution in [3.8, 4) is 0 Å². The molecule has 0 spiro atoms. The van der Waals surface area contributed by atoms with Gasteiger partial charge in [-0.2, -0.15) is 0 Å². The molecule has 0 fully saturated rings. The molecule has 0 amide bonds. The topological polar surface area (TPSA) is 42.4 Å². The molecule has 3 nitrogen and oxygen atoms in total. The molecule has 1 aromatic heterocycles. The largest absolute Gasteiger partial charge is 0.495 e. The highest BCUT2D eigenvalue weighted by atomic mass is 32.1. The van der Waals surface area contributed by atoms with E-state index in [-0.39, 0.29) is 0 Å². The number of rotatable bonds is 2. The summed E-state index contributed by atoms with van der Waals surface area (Å²) < 4.78 is 5.26. The van der Waals surface area contributed by atoms with Crippen LogP contribution >= 0.6 is 11.3 Å². The van der Waals surface area contributed by atoms with E-state index in [1.165, 1.54) is 11.3 Å². The van der Waals surface area contributed by atoms with Gasteiger partial charge in [0.25, 0.3) is 0 Å². The molecular formula is C9H11NO2S. The van der Waals surface area contributed by atoms with Crippen molar-refractivity contribution in [1.82, 2.24) is 4.98 Å². The van der Waals surface area contributed by atoms with Crippen LogP contribution in [-0.4, -0.2) is 16.7 Å². The van der Waals surface area contributed by atoms with Crippen LogP contribution in [-0.2, 0) is 4.74 Å². The first-order valence-corrected chi connectivity index (χ1v) is 5.02. The molecule has 0 saturated heterocycles. The van der Waals surface area contributed by atoms with Crippen molar-refractivity contribution in [2.75, 3.05) is 6.61 Å². The van der Waals surface area contributed by atoms with E-state index in [0.717, 1.165) is 11.3 Å². The number of aliphatic hydroxyl groups excluding tert-OH is 1. The lowest BCUT2D eigenvalue weighted by atomic mass is 10.3. The number of thiazole rings is 1. The van der Waals surface area contributed by atoms with E-state index < -0.39 is 6.10 Å². The number of ether oxygens (including phenoxy) is 1. The number of hydrogen-bond donors (Lipinski definition) is 1. The Morgan fingerprint density at radius 3 is 3.08 bits per heavy atom. The Kier molecular flexibility index (Phi) is 2.33. The Morgan fingerprint density at radius 2 is 2.54 bits per heavy atom. The van der Waals surface area contributed by atoms with Gasteiger partial charge in [-0.25, -0.2) is 4.98 Å². The van der Waals surface area contributed by atoms with Crippen molar-refractivity contribution in [1.29, 1.82) is 0 Å². The minimum Gasteiger partial charge on any atom is -0.495 e. The number of aliphatic hydroxyl groups is 1. The van der Waals surface area contributed by atoms with Gasteiger partial charge < -0.3 is 9.84 Å². The summed E-state index contributed by atoms with van der Waals surface area (Å²) in [6.45, 7) is 2.65. The monoisotopic (exact) mass is 197 g/mol. The summed E-state index contributed by atoms with van der Waals surface area (Å²) in [6, 6.07) is 0. The fourth-order valence-corrected chi connectivity index (χ4v) is 2.02. The molecule has 1 aliphatic rings.